The first-order chi connectivity index (χ1) is 11.7. The molecule has 0 radical (unpaired) electrons. The highest BCUT2D eigenvalue weighted by molar-refractivity contribution is 5.95. The summed E-state index contributed by atoms with van der Waals surface area (Å²) in [5, 5.41) is 0. The van der Waals surface area contributed by atoms with Crippen LogP contribution in [0.4, 0.5) is 0 Å². The number of hydrogen-bond donors (Lipinski definition) is 1. The predicted molar refractivity (Wildman–Crippen MR) is 96.3 cm³/mol. The van der Waals surface area contributed by atoms with Crippen molar-refractivity contribution in [3.63, 3.8) is 0 Å². The van der Waals surface area contributed by atoms with Crippen LogP contribution in [0.5, 0.6) is 5.75 Å². The second kappa shape index (κ2) is 8.00. The molecule has 0 heterocycles. The summed E-state index contributed by atoms with van der Waals surface area (Å²) in [5.41, 5.74) is 8.33. The monoisotopic (exact) mass is 323 g/mol. The van der Waals surface area contributed by atoms with Crippen molar-refractivity contribution < 1.29 is 9.53 Å². The van der Waals surface area contributed by atoms with Gasteiger partial charge in [-0.05, 0) is 48.4 Å². The number of nitrogens with two attached hydrogens (primary N) is 1. The summed E-state index contributed by atoms with van der Waals surface area (Å²) in [5.74, 6) is 0.789. The first kappa shape index (κ1) is 16.6. The summed E-state index contributed by atoms with van der Waals surface area (Å²) < 4.78 is 5.94. The quantitative estimate of drug-likeness (QED) is 0.860. The Bertz CT molecular complexity index is 675. The lowest BCUT2D eigenvalue weighted by molar-refractivity contribution is 0.0994. The number of benzene rings is 2. The van der Waals surface area contributed by atoms with Crippen molar-refractivity contribution >= 4 is 5.91 Å². The molecule has 24 heavy (non-hydrogen) atoms. The van der Waals surface area contributed by atoms with Crippen LogP contribution in [0.2, 0.25) is 0 Å². The van der Waals surface area contributed by atoms with Gasteiger partial charge in [-0.1, -0.05) is 55.7 Å². The average Bonchev–Trinajstić information content (AvgIpc) is 2.62. The Morgan fingerprint density at radius 1 is 1.00 bits per heavy atom. The number of carbonyl (C=O) groups excluding carboxylic acids is 1. The summed E-state index contributed by atoms with van der Waals surface area (Å²) >= 11 is 0. The van der Waals surface area contributed by atoms with E-state index in [2.05, 4.69) is 12.1 Å². The van der Waals surface area contributed by atoms with Crippen molar-refractivity contribution in [1.82, 2.24) is 0 Å². The fourth-order valence-electron chi connectivity index (χ4n) is 3.40. The maximum absolute atomic E-state index is 11.8. The first-order valence-electron chi connectivity index (χ1n) is 8.82. The fourth-order valence-corrected chi connectivity index (χ4v) is 3.40. The van der Waals surface area contributed by atoms with Crippen LogP contribution in [0.25, 0.3) is 0 Å². The van der Waals surface area contributed by atoms with Gasteiger partial charge in [0.1, 0.15) is 5.75 Å². The van der Waals surface area contributed by atoms with E-state index >= 15 is 0 Å². The number of amides is 1. The molecule has 3 rings (SSSR count). The lowest BCUT2D eigenvalue weighted by Gasteiger charge is -2.22. The smallest absolute Gasteiger partial charge is 0.252 e. The molecule has 1 fully saturated rings. The third-order valence-electron chi connectivity index (χ3n) is 4.76. The molecule has 3 nitrogen and oxygen atoms in total. The highest BCUT2D eigenvalue weighted by atomic mass is 16.5. The lowest BCUT2D eigenvalue weighted by Crippen LogP contribution is -2.18. The van der Waals surface area contributed by atoms with E-state index in [9.17, 15) is 4.79 Å². The first-order valence-corrected chi connectivity index (χ1v) is 8.82. The van der Waals surface area contributed by atoms with E-state index in [1.807, 2.05) is 36.4 Å². The maximum Gasteiger partial charge on any atom is 0.252 e. The Hall–Kier alpha value is -2.29. The standard InChI is InChI=1S/C21H25NO2/c22-21(23)19-14-18(13-16-7-3-1-4-8-16)11-12-20(19)24-15-17-9-5-2-6-10-17/h1,3-4,7-8,11-12,14,17H,2,5-6,9-10,13,15H2,(H2,22,23). The molecular weight excluding hydrogens is 298 g/mol. The van der Waals surface area contributed by atoms with Crippen LogP contribution >= 0.6 is 0 Å². The van der Waals surface area contributed by atoms with Crippen LogP contribution < -0.4 is 10.5 Å². The summed E-state index contributed by atoms with van der Waals surface area (Å²) in [7, 11) is 0. The van der Waals surface area contributed by atoms with E-state index < -0.39 is 5.91 Å². The zero-order valence-electron chi connectivity index (χ0n) is 14.0. The van der Waals surface area contributed by atoms with Gasteiger partial charge >= 0.3 is 0 Å². The van der Waals surface area contributed by atoms with Crippen LogP contribution in [-0.4, -0.2) is 12.5 Å². The Labute approximate surface area is 143 Å². The summed E-state index contributed by atoms with van der Waals surface area (Å²) in [6.07, 6.45) is 7.12. The molecule has 0 saturated heterocycles. The molecule has 0 unspecified atom stereocenters. The second-order valence-electron chi connectivity index (χ2n) is 6.67. The van der Waals surface area contributed by atoms with Gasteiger partial charge in [-0.3, -0.25) is 4.79 Å². The zero-order chi connectivity index (χ0) is 16.8. The van der Waals surface area contributed by atoms with Gasteiger partial charge in [0.2, 0.25) is 0 Å². The number of ether oxygens (including phenoxy) is 1. The van der Waals surface area contributed by atoms with Crippen molar-refractivity contribution in [3.8, 4) is 5.75 Å². The summed E-state index contributed by atoms with van der Waals surface area (Å²) in [6.45, 7) is 0.679. The van der Waals surface area contributed by atoms with Gasteiger partial charge in [0, 0.05) is 0 Å². The second-order valence-corrected chi connectivity index (χ2v) is 6.67. The van der Waals surface area contributed by atoms with Crippen LogP contribution in [0.1, 0.15) is 53.6 Å². The number of hydrogen-bond acceptors (Lipinski definition) is 2. The van der Waals surface area contributed by atoms with E-state index in [0.717, 1.165) is 12.0 Å². The van der Waals surface area contributed by atoms with Crippen LogP contribution in [-0.2, 0) is 6.42 Å². The minimum Gasteiger partial charge on any atom is -0.492 e. The van der Waals surface area contributed by atoms with Gasteiger partial charge in [-0.15, -0.1) is 0 Å². The highest BCUT2D eigenvalue weighted by Crippen LogP contribution is 2.27. The molecule has 0 aromatic heterocycles. The zero-order valence-corrected chi connectivity index (χ0v) is 14.0. The molecule has 0 atom stereocenters. The number of primary amides is 1. The summed E-state index contributed by atoms with van der Waals surface area (Å²) in [6, 6.07) is 16.0. The van der Waals surface area contributed by atoms with Crippen LogP contribution in [0, 0.1) is 5.92 Å². The van der Waals surface area contributed by atoms with Crippen LogP contribution in [0.3, 0.4) is 0 Å². The van der Waals surface area contributed by atoms with E-state index in [0.29, 0.717) is 23.8 Å². The van der Waals surface area contributed by atoms with Crippen molar-refractivity contribution in [2.75, 3.05) is 6.61 Å². The number of carbonyl (C=O) groups is 1. The molecular formula is C21H25NO2. The largest absolute Gasteiger partial charge is 0.492 e. The van der Waals surface area contributed by atoms with Gasteiger partial charge in [-0.2, -0.15) is 0 Å². The minimum absolute atomic E-state index is 0.427. The number of rotatable bonds is 6. The Morgan fingerprint density at radius 3 is 2.46 bits per heavy atom. The molecule has 2 aromatic carbocycles. The molecule has 1 saturated carbocycles. The Kier molecular flexibility index (Phi) is 5.52. The molecule has 1 aliphatic rings. The molecule has 0 bridgehead atoms. The Balaban J connectivity index is 1.71. The highest BCUT2D eigenvalue weighted by Gasteiger charge is 2.16. The van der Waals surface area contributed by atoms with Gasteiger partial charge in [0.05, 0.1) is 12.2 Å². The average molecular weight is 323 g/mol. The molecule has 126 valence electrons. The molecule has 1 aliphatic carbocycles. The topological polar surface area (TPSA) is 52.3 Å². The van der Waals surface area contributed by atoms with E-state index in [1.54, 1.807) is 0 Å². The SMILES string of the molecule is NC(=O)c1cc(Cc2ccccc2)ccc1OCC1CCCCC1. The molecule has 0 spiro atoms. The minimum atomic E-state index is -0.427. The molecule has 2 N–H and O–H groups in total. The third kappa shape index (κ3) is 4.38. The normalized spacial score (nSPS) is 15.2. The van der Waals surface area contributed by atoms with Crippen molar-refractivity contribution in [1.29, 1.82) is 0 Å². The van der Waals surface area contributed by atoms with Crippen molar-refractivity contribution in [2.24, 2.45) is 11.7 Å². The fraction of sp³-hybridized carbons (Fsp3) is 0.381. The van der Waals surface area contributed by atoms with Gasteiger partial charge in [0.25, 0.3) is 5.91 Å². The molecule has 0 aliphatic heterocycles. The summed E-state index contributed by atoms with van der Waals surface area (Å²) in [4.78, 5) is 11.8. The van der Waals surface area contributed by atoms with E-state index in [1.165, 1.54) is 37.7 Å². The van der Waals surface area contributed by atoms with Crippen LogP contribution in [0.15, 0.2) is 48.5 Å². The van der Waals surface area contributed by atoms with Gasteiger partial charge < -0.3 is 10.5 Å². The molecule has 1 amide bonds. The van der Waals surface area contributed by atoms with E-state index in [-0.39, 0.29) is 0 Å². The maximum atomic E-state index is 11.8. The molecule has 3 heteroatoms. The molecule has 2 aromatic rings. The third-order valence-corrected chi connectivity index (χ3v) is 4.76. The van der Waals surface area contributed by atoms with E-state index in [4.69, 9.17) is 10.5 Å². The lowest BCUT2D eigenvalue weighted by atomic mass is 9.90. The van der Waals surface area contributed by atoms with Crippen molar-refractivity contribution in [2.45, 2.75) is 38.5 Å². The Morgan fingerprint density at radius 2 is 1.75 bits per heavy atom. The van der Waals surface area contributed by atoms with Gasteiger partial charge in [0.15, 0.2) is 0 Å². The van der Waals surface area contributed by atoms with Crippen molar-refractivity contribution in [3.05, 3.63) is 65.2 Å². The van der Waals surface area contributed by atoms with Gasteiger partial charge in [-0.25, -0.2) is 0 Å². The predicted octanol–water partition coefficient (Wildman–Crippen LogP) is 4.34.